The van der Waals surface area contributed by atoms with E-state index in [0.29, 0.717) is 24.4 Å². The van der Waals surface area contributed by atoms with Crippen molar-refractivity contribution in [3.8, 4) is 5.75 Å². The molecule has 2 aliphatic rings. The number of pyridine rings is 1. The minimum Gasteiger partial charge on any atom is -0.501 e. The summed E-state index contributed by atoms with van der Waals surface area (Å²) in [5.41, 5.74) is 2.68. The molecular weight excluding hydrogens is 458 g/mol. The Morgan fingerprint density at radius 3 is 2.58 bits per heavy atom. The molecule has 1 aromatic heterocycles. The predicted molar refractivity (Wildman–Crippen MR) is 138 cm³/mol. The van der Waals surface area contributed by atoms with Gasteiger partial charge in [0.15, 0.2) is 0 Å². The molecule has 1 fully saturated rings. The second-order valence-electron chi connectivity index (χ2n) is 9.31. The highest BCUT2D eigenvalue weighted by Crippen LogP contribution is 2.23. The first-order chi connectivity index (χ1) is 17.4. The largest absolute Gasteiger partial charge is 0.501 e. The number of anilines is 1. The van der Waals surface area contributed by atoms with Crippen molar-refractivity contribution in [3.63, 3.8) is 0 Å². The molecule has 1 N–H and O–H groups in total. The van der Waals surface area contributed by atoms with Gasteiger partial charge in [-0.3, -0.25) is 4.90 Å². The summed E-state index contributed by atoms with van der Waals surface area (Å²) in [6, 6.07) is 11.7. The Morgan fingerprint density at radius 1 is 1.14 bits per heavy atom. The zero-order valence-corrected chi connectivity index (χ0v) is 21.2. The summed E-state index contributed by atoms with van der Waals surface area (Å²) in [4.78, 5) is 21.5. The minimum absolute atomic E-state index is 0.169. The van der Waals surface area contributed by atoms with Crippen molar-refractivity contribution >= 4 is 11.8 Å². The second kappa shape index (κ2) is 12.1. The summed E-state index contributed by atoms with van der Waals surface area (Å²) in [6.07, 6.45) is 5.15. The Bertz CT molecular complexity index is 1090. The van der Waals surface area contributed by atoms with Crippen molar-refractivity contribution in [3.05, 3.63) is 77.2 Å². The fourth-order valence-electron chi connectivity index (χ4n) is 4.37. The third kappa shape index (κ3) is 6.65. The number of rotatable bonds is 9. The second-order valence-corrected chi connectivity index (χ2v) is 9.31. The van der Waals surface area contributed by atoms with E-state index in [-0.39, 0.29) is 12.1 Å². The SMILES string of the molecule is COC1=C(COc2ccc(CN3CCN(c4ncccc4C(=O)OC(C)C)CC3)cc2)C=CC(O)C1. The minimum atomic E-state index is -0.503. The van der Waals surface area contributed by atoms with E-state index in [9.17, 15) is 9.90 Å². The molecule has 1 aliphatic carbocycles. The van der Waals surface area contributed by atoms with E-state index in [2.05, 4.69) is 26.9 Å². The van der Waals surface area contributed by atoms with E-state index in [1.807, 2.05) is 32.1 Å². The molecule has 1 aliphatic heterocycles. The summed E-state index contributed by atoms with van der Waals surface area (Å²) >= 11 is 0. The number of aliphatic hydroxyl groups excluding tert-OH is 1. The van der Waals surface area contributed by atoms with Crippen LogP contribution in [-0.4, -0.2) is 73.1 Å². The number of aliphatic hydroxyl groups is 1. The Balaban J connectivity index is 1.28. The smallest absolute Gasteiger partial charge is 0.342 e. The first-order valence-electron chi connectivity index (χ1n) is 12.4. The van der Waals surface area contributed by atoms with Crippen molar-refractivity contribution in [1.29, 1.82) is 0 Å². The molecule has 0 radical (unpaired) electrons. The number of ether oxygens (including phenoxy) is 3. The van der Waals surface area contributed by atoms with Gasteiger partial charge in [-0.2, -0.15) is 0 Å². The van der Waals surface area contributed by atoms with Crippen molar-refractivity contribution in [2.45, 2.75) is 39.0 Å². The van der Waals surface area contributed by atoms with Crippen LogP contribution in [0.25, 0.3) is 0 Å². The molecule has 8 heteroatoms. The van der Waals surface area contributed by atoms with Gasteiger partial charge in [-0.1, -0.05) is 24.3 Å². The Kier molecular flexibility index (Phi) is 8.61. The molecule has 36 heavy (non-hydrogen) atoms. The van der Waals surface area contributed by atoms with Gasteiger partial charge in [0, 0.05) is 50.9 Å². The van der Waals surface area contributed by atoms with Crippen molar-refractivity contribution in [2.24, 2.45) is 0 Å². The fourth-order valence-corrected chi connectivity index (χ4v) is 4.37. The van der Waals surface area contributed by atoms with Gasteiger partial charge in [0.1, 0.15) is 29.5 Å². The summed E-state index contributed by atoms with van der Waals surface area (Å²) in [6.45, 7) is 8.27. The molecule has 1 saturated heterocycles. The molecule has 1 atom stereocenters. The number of hydrogen-bond acceptors (Lipinski definition) is 8. The Hall–Kier alpha value is -3.36. The third-order valence-corrected chi connectivity index (χ3v) is 6.26. The number of carbonyl (C=O) groups excluding carboxylic acids is 1. The zero-order chi connectivity index (χ0) is 25.5. The molecule has 1 unspecified atom stereocenters. The molecule has 4 rings (SSSR count). The van der Waals surface area contributed by atoms with Crippen LogP contribution >= 0.6 is 0 Å². The highest BCUT2D eigenvalue weighted by atomic mass is 16.5. The van der Waals surface area contributed by atoms with Crippen LogP contribution < -0.4 is 9.64 Å². The van der Waals surface area contributed by atoms with Crippen LogP contribution in [0.3, 0.4) is 0 Å². The van der Waals surface area contributed by atoms with Gasteiger partial charge in [-0.25, -0.2) is 9.78 Å². The van der Waals surface area contributed by atoms with E-state index in [1.54, 1.807) is 31.5 Å². The molecule has 8 nitrogen and oxygen atoms in total. The van der Waals surface area contributed by atoms with Crippen LogP contribution in [0.1, 0.15) is 36.2 Å². The van der Waals surface area contributed by atoms with Crippen LogP contribution in [0.4, 0.5) is 5.82 Å². The maximum atomic E-state index is 12.5. The molecule has 1 aromatic carbocycles. The lowest BCUT2D eigenvalue weighted by Crippen LogP contribution is -2.46. The van der Waals surface area contributed by atoms with Crippen LogP contribution in [0, 0.1) is 0 Å². The lowest BCUT2D eigenvalue weighted by molar-refractivity contribution is 0.0378. The molecule has 0 spiro atoms. The number of methoxy groups -OCH3 is 1. The molecule has 0 amide bonds. The molecule has 0 saturated carbocycles. The number of esters is 1. The fraction of sp³-hybridized carbons (Fsp3) is 0.429. The Labute approximate surface area is 212 Å². The van der Waals surface area contributed by atoms with Gasteiger partial charge < -0.3 is 24.2 Å². The van der Waals surface area contributed by atoms with E-state index in [4.69, 9.17) is 14.2 Å². The van der Waals surface area contributed by atoms with E-state index in [0.717, 1.165) is 49.8 Å². The van der Waals surface area contributed by atoms with E-state index < -0.39 is 6.10 Å². The third-order valence-electron chi connectivity index (χ3n) is 6.26. The zero-order valence-electron chi connectivity index (χ0n) is 21.2. The van der Waals surface area contributed by atoms with Crippen molar-refractivity contribution in [2.75, 3.05) is 44.8 Å². The van der Waals surface area contributed by atoms with Crippen molar-refractivity contribution in [1.82, 2.24) is 9.88 Å². The number of benzene rings is 1. The van der Waals surface area contributed by atoms with Gasteiger partial charge in [0.25, 0.3) is 0 Å². The topological polar surface area (TPSA) is 84.4 Å². The summed E-state index contributed by atoms with van der Waals surface area (Å²) in [7, 11) is 1.62. The number of aromatic nitrogens is 1. The summed E-state index contributed by atoms with van der Waals surface area (Å²) in [5, 5.41) is 9.74. The first-order valence-corrected chi connectivity index (χ1v) is 12.4. The normalized spacial score (nSPS) is 18.5. The van der Waals surface area contributed by atoms with Gasteiger partial charge in [-0.05, 0) is 43.7 Å². The van der Waals surface area contributed by atoms with Crippen LogP contribution in [0.2, 0.25) is 0 Å². The molecule has 192 valence electrons. The number of carbonyl (C=O) groups is 1. The number of piperazine rings is 1. The lowest BCUT2D eigenvalue weighted by Gasteiger charge is -2.36. The average Bonchev–Trinajstić information content (AvgIpc) is 2.89. The maximum absolute atomic E-state index is 12.5. The summed E-state index contributed by atoms with van der Waals surface area (Å²) < 4.78 is 16.7. The van der Waals surface area contributed by atoms with Gasteiger partial charge in [0.2, 0.25) is 0 Å². The van der Waals surface area contributed by atoms with Gasteiger partial charge in [0.05, 0.1) is 19.3 Å². The highest BCUT2D eigenvalue weighted by molar-refractivity contribution is 5.94. The monoisotopic (exact) mass is 493 g/mol. The first kappa shape index (κ1) is 25.7. The average molecular weight is 494 g/mol. The van der Waals surface area contributed by atoms with Crippen LogP contribution in [0.5, 0.6) is 5.75 Å². The van der Waals surface area contributed by atoms with E-state index >= 15 is 0 Å². The predicted octanol–water partition coefficient (Wildman–Crippen LogP) is 3.57. The lowest BCUT2D eigenvalue weighted by atomic mass is 10.0. The molecule has 2 heterocycles. The standard InChI is InChI=1S/C28H35N3O5/c1-20(2)36-28(33)25-5-4-12-29-27(25)31-15-13-30(14-16-31)18-21-6-10-24(11-7-21)35-19-22-8-9-23(32)17-26(22)34-3/h4-12,20,23,32H,13-19H2,1-3H3. The van der Waals surface area contributed by atoms with Crippen LogP contribution in [-0.2, 0) is 16.0 Å². The maximum Gasteiger partial charge on any atom is 0.342 e. The highest BCUT2D eigenvalue weighted by Gasteiger charge is 2.24. The van der Waals surface area contributed by atoms with Crippen LogP contribution in [0.15, 0.2) is 66.1 Å². The molecule has 0 bridgehead atoms. The molecule has 2 aromatic rings. The summed E-state index contributed by atoms with van der Waals surface area (Å²) in [5.74, 6) is 1.92. The quantitative estimate of drug-likeness (QED) is 0.531. The Morgan fingerprint density at radius 2 is 1.89 bits per heavy atom. The molecular formula is C28H35N3O5. The van der Waals surface area contributed by atoms with Gasteiger partial charge in [-0.15, -0.1) is 0 Å². The van der Waals surface area contributed by atoms with E-state index in [1.165, 1.54) is 5.56 Å². The van der Waals surface area contributed by atoms with Gasteiger partial charge >= 0.3 is 5.97 Å². The van der Waals surface area contributed by atoms with Crippen molar-refractivity contribution < 1.29 is 24.1 Å². The number of hydrogen-bond donors (Lipinski definition) is 1. The number of nitrogens with zero attached hydrogens (tertiary/aromatic N) is 3.